The predicted molar refractivity (Wildman–Crippen MR) is 61.6 cm³/mol. The first-order chi connectivity index (χ1) is 8.25. The Hall–Kier alpha value is -2.01. The molecule has 0 radical (unpaired) electrons. The SMILES string of the molecule is Fc1ccc(-n2cnc3c(Cl)nccc32)nc1. The molecular formula is C11H6ClFN4. The molecule has 0 N–H and O–H groups in total. The lowest BCUT2D eigenvalue weighted by Gasteiger charge is -2.02. The van der Waals surface area contributed by atoms with Gasteiger partial charge >= 0.3 is 0 Å². The summed E-state index contributed by atoms with van der Waals surface area (Å²) in [6.07, 6.45) is 4.33. The molecular weight excluding hydrogens is 243 g/mol. The van der Waals surface area contributed by atoms with E-state index in [1.807, 2.05) is 0 Å². The third-order valence-electron chi connectivity index (χ3n) is 2.38. The molecule has 0 aliphatic rings. The van der Waals surface area contributed by atoms with Crippen LogP contribution >= 0.6 is 11.6 Å². The van der Waals surface area contributed by atoms with Crippen molar-refractivity contribution >= 4 is 22.6 Å². The maximum Gasteiger partial charge on any atom is 0.156 e. The van der Waals surface area contributed by atoms with Crippen LogP contribution in [-0.4, -0.2) is 19.5 Å². The Labute approximate surface area is 101 Å². The van der Waals surface area contributed by atoms with Gasteiger partial charge in [0.05, 0.1) is 11.7 Å². The summed E-state index contributed by atoms with van der Waals surface area (Å²) in [5, 5.41) is 0.336. The Balaban J connectivity index is 2.24. The van der Waals surface area contributed by atoms with E-state index >= 15 is 0 Å². The molecule has 0 atom stereocenters. The van der Waals surface area contributed by atoms with E-state index in [1.165, 1.54) is 6.07 Å². The van der Waals surface area contributed by atoms with Crippen molar-refractivity contribution in [1.82, 2.24) is 19.5 Å². The molecule has 0 bridgehead atoms. The zero-order valence-electron chi connectivity index (χ0n) is 8.51. The number of halogens is 2. The number of hydrogen-bond donors (Lipinski definition) is 0. The third-order valence-corrected chi connectivity index (χ3v) is 2.66. The van der Waals surface area contributed by atoms with Crippen molar-refractivity contribution in [2.24, 2.45) is 0 Å². The van der Waals surface area contributed by atoms with Crippen molar-refractivity contribution in [3.8, 4) is 5.82 Å². The van der Waals surface area contributed by atoms with Gasteiger partial charge in [-0.1, -0.05) is 11.6 Å². The first-order valence-electron chi connectivity index (χ1n) is 4.85. The van der Waals surface area contributed by atoms with Crippen molar-refractivity contribution in [2.45, 2.75) is 0 Å². The summed E-state index contributed by atoms with van der Waals surface area (Å²) in [6, 6.07) is 4.70. The minimum absolute atomic E-state index is 0.336. The molecule has 0 aliphatic carbocycles. The van der Waals surface area contributed by atoms with Crippen molar-refractivity contribution < 1.29 is 4.39 Å². The van der Waals surface area contributed by atoms with Gasteiger partial charge in [-0.2, -0.15) is 0 Å². The second-order valence-corrected chi connectivity index (χ2v) is 3.78. The van der Waals surface area contributed by atoms with Crippen molar-refractivity contribution in [2.75, 3.05) is 0 Å². The summed E-state index contributed by atoms with van der Waals surface area (Å²) in [6.45, 7) is 0. The molecule has 3 aromatic heterocycles. The predicted octanol–water partition coefficient (Wildman–Crippen LogP) is 2.61. The number of hydrogen-bond acceptors (Lipinski definition) is 3. The molecule has 3 rings (SSSR count). The molecule has 4 nitrogen and oxygen atoms in total. The number of nitrogens with zero attached hydrogens (tertiary/aromatic N) is 4. The summed E-state index contributed by atoms with van der Waals surface area (Å²) in [5.74, 6) is 0.203. The van der Waals surface area contributed by atoms with Crippen LogP contribution in [0.15, 0.2) is 36.9 Å². The van der Waals surface area contributed by atoms with Gasteiger partial charge in [-0.05, 0) is 18.2 Å². The van der Waals surface area contributed by atoms with Crippen LogP contribution in [0.1, 0.15) is 0 Å². The lowest BCUT2D eigenvalue weighted by atomic mass is 10.4. The van der Waals surface area contributed by atoms with Gasteiger partial charge in [0.25, 0.3) is 0 Å². The van der Waals surface area contributed by atoms with Gasteiger partial charge < -0.3 is 0 Å². The largest absolute Gasteiger partial charge is 0.283 e. The number of rotatable bonds is 1. The smallest absolute Gasteiger partial charge is 0.156 e. The molecule has 3 heterocycles. The summed E-state index contributed by atoms with van der Waals surface area (Å²) in [4.78, 5) is 12.1. The maximum atomic E-state index is 12.8. The Morgan fingerprint density at radius 3 is 2.76 bits per heavy atom. The van der Waals surface area contributed by atoms with Crippen molar-refractivity contribution in [3.05, 3.63) is 47.9 Å². The highest BCUT2D eigenvalue weighted by Crippen LogP contribution is 2.21. The van der Waals surface area contributed by atoms with Crippen LogP contribution in [0.3, 0.4) is 0 Å². The Kier molecular flexibility index (Phi) is 2.26. The Bertz CT molecular complexity index is 678. The van der Waals surface area contributed by atoms with E-state index in [2.05, 4.69) is 15.0 Å². The van der Waals surface area contributed by atoms with Crippen LogP contribution in [-0.2, 0) is 0 Å². The molecule has 6 heteroatoms. The fourth-order valence-electron chi connectivity index (χ4n) is 1.60. The topological polar surface area (TPSA) is 43.6 Å². The first kappa shape index (κ1) is 10.2. The van der Waals surface area contributed by atoms with Crippen molar-refractivity contribution in [3.63, 3.8) is 0 Å². The first-order valence-corrected chi connectivity index (χ1v) is 5.23. The minimum Gasteiger partial charge on any atom is -0.283 e. The van der Waals surface area contributed by atoms with Crippen molar-refractivity contribution in [1.29, 1.82) is 0 Å². The highest BCUT2D eigenvalue weighted by atomic mass is 35.5. The molecule has 17 heavy (non-hydrogen) atoms. The van der Waals surface area contributed by atoms with Gasteiger partial charge in [-0.25, -0.2) is 19.3 Å². The van der Waals surface area contributed by atoms with Gasteiger partial charge in [0, 0.05) is 6.20 Å². The van der Waals surface area contributed by atoms with E-state index in [0.29, 0.717) is 16.5 Å². The second kappa shape index (κ2) is 3.78. The van der Waals surface area contributed by atoms with Gasteiger partial charge in [-0.3, -0.25) is 4.57 Å². The van der Waals surface area contributed by atoms with Crippen LogP contribution in [0.25, 0.3) is 16.9 Å². The summed E-state index contributed by atoms with van der Waals surface area (Å²) in [7, 11) is 0. The van der Waals surface area contributed by atoms with Gasteiger partial charge in [-0.15, -0.1) is 0 Å². The number of imidazole rings is 1. The molecule has 0 unspecified atom stereocenters. The zero-order valence-corrected chi connectivity index (χ0v) is 9.26. The van der Waals surface area contributed by atoms with E-state index in [9.17, 15) is 4.39 Å². The van der Waals surface area contributed by atoms with E-state index in [-0.39, 0.29) is 5.82 Å². The molecule has 0 saturated carbocycles. The second-order valence-electron chi connectivity index (χ2n) is 3.42. The number of aromatic nitrogens is 4. The summed E-state index contributed by atoms with van der Waals surface area (Å²) >= 11 is 5.92. The molecule has 0 fully saturated rings. The lowest BCUT2D eigenvalue weighted by Crippen LogP contribution is -1.95. The fraction of sp³-hybridized carbons (Fsp3) is 0. The Morgan fingerprint density at radius 1 is 1.12 bits per heavy atom. The van der Waals surface area contributed by atoms with Gasteiger partial charge in [0.1, 0.15) is 23.5 Å². The summed E-state index contributed by atoms with van der Waals surface area (Å²) < 4.78 is 14.5. The average molecular weight is 249 g/mol. The minimum atomic E-state index is -0.377. The van der Waals surface area contributed by atoms with Crippen LogP contribution in [0.5, 0.6) is 0 Å². The highest BCUT2D eigenvalue weighted by molar-refractivity contribution is 6.33. The lowest BCUT2D eigenvalue weighted by molar-refractivity contribution is 0.620. The molecule has 0 aromatic carbocycles. The Morgan fingerprint density at radius 2 is 2.00 bits per heavy atom. The normalized spacial score (nSPS) is 10.9. The molecule has 0 amide bonds. The van der Waals surface area contributed by atoms with E-state index in [0.717, 1.165) is 11.7 Å². The fourth-order valence-corrected chi connectivity index (χ4v) is 1.81. The molecule has 0 aliphatic heterocycles. The molecule has 0 saturated heterocycles. The summed E-state index contributed by atoms with van der Waals surface area (Å²) in [5.41, 5.74) is 1.38. The van der Waals surface area contributed by atoms with Crippen LogP contribution in [0, 0.1) is 5.82 Å². The number of fused-ring (bicyclic) bond motifs is 1. The molecule has 3 aromatic rings. The average Bonchev–Trinajstić information content (AvgIpc) is 2.75. The van der Waals surface area contributed by atoms with Crippen LogP contribution in [0.2, 0.25) is 5.15 Å². The van der Waals surface area contributed by atoms with Crippen LogP contribution < -0.4 is 0 Å². The third kappa shape index (κ3) is 1.64. The maximum absolute atomic E-state index is 12.8. The van der Waals surface area contributed by atoms with E-state index in [1.54, 1.807) is 29.2 Å². The molecule has 0 spiro atoms. The highest BCUT2D eigenvalue weighted by Gasteiger charge is 2.08. The number of pyridine rings is 2. The van der Waals surface area contributed by atoms with E-state index < -0.39 is 0 Å². The monoisotopic (exact) mass is 248 g/mol. The van der Waals surface area contributed by atoms with Gasteiger partial charge in [0.2, 0.25) is 0 Å². The quantitative estimate of drug-likeness (QED) is 0.622. The standard InChI is InChI=1S/C11H6ClFN4/c12-11-10-8(3-4-14-11)17(6-16-10)9-2-1-7(13)5-15-9/h1-6H. The van der Waals surface area contributed by atoms with E-state index in [4.69, 9.17) is 11.6 Å². The van der Waals surface area contributed by atoms with Crippen LogP contribution in [0.4, 0.5) is 4.39 Å². The zero-order chi connectivity index (χ0) is 11.8. The molecule has 84 valence electrons. The van der Waals surface area contributed by atoms with Gasteiger partial charge in [0.15, 0.2) is 5.15 Å².